The van der Waals surface area contributed by atoms with Gasteiger partial charge < -0.3 is 4.57 Å². The number of Topliss-reactive ketones (excluding diaryl/α,β-unsaturated/α-hetero) is 1. The number of hydrogen-bond acceptors (Lipinski definition) is 2. The van der Waals surface area contributed by atoms with E-state index in [0.717, 1.165) is 5.56 Å². The second kappa shape index (κ2) is 7.19. The molecular formula is C22H20N2O. The minimum absolute atomic E-state index is 0.0445. The molecule has 0 saturated heterocycles. The predicted octanol–water partition coefficient (Wildman–Crippen LogP) is 4.78. The molecule has 0 saturated carbocycles. The Hall–Kier alpha value is -3.12. The van der Waals surface area contributed by atoms with Gasteiger partial charge in [0.05, 0.1) is 6.07 Å². The van der Waals surface area contributed by atoms with Crippen molar-refractivity contribution in [3.63, 3.8) is 0 Å². The van der Waals surface area contributed by atoms with Gasteiger partial charge in [0, 0.05) is 30.3 Å². The van der Waals surface area contributed by atoms with Crippen molar-refractivity contribution in [3.05, 3.63) is 96.3 Å². The maximum Gasteiger partial charge on any atom is 0.163 e. The molecule has 3 rings (SSSR count). The summed E-state index contributed by atoms with van der Waals surface area (Å²) in [4.78, 5) is 12.8. The molecule has 124 valence electrons. The zero-order chi connectivity index (χ0) is 17.7. The molecule has 0 radical (unpaired) electrons. The summed E-state index contributed by atoms with van der Waals surface area (Å²) < 4.78 is 1.89. The van der Waals surface area contributed by atoms with Gasteiger partial charge in [-0.25, -0.2) is 0 Å². The zero-order valence-electron chi connectivity index (χ0n) is 14.2. The van der Waals surface area contributed by atoms with Crippen LogP contribution in [0.1, 0.15) is 35.2 Å². The number of carbonyl (C=O) groups excluding carboxylic acids is 1. The van der Waals surface area contributed by atoms with Crippen molar-refractivity contribution in [1.29, 1.82) is 5.26 Å². The summed E-state index contributed by atoms with van der Waals surface area (Å²) in [5.41, 5.74) is 0.815. The normalized spacial score (nSPS) is 14.2. The van der Waals surface area contributed by atoms with Crippen molar-refractivity contribution in [3.8, 4) is 6.07 Å². The van der Waals surface area contributed by atoms with Gasteiger partial charge in [-0.1, -0.05) is 60.7 Å². The lowest BCUT2D eigenvalue weighted by Crippen LogP contribution is -2.36. The van der Waals surface area contributed by atoms with E-state index in [0.29, 0.717) is 5.56 Å². The van der Waals surface area contributed by atoms with Crippen LogP contribution in [-0.2, 0) is 5.54 Å². The summed E-state index contributed by atoms with van der Waals surface area (Å²) in [7, 11) is 0. The highest BCUT2D eigenvalue weighted by molar-refractivity contribution is 5.96. The van der Waals surface area contributed by atoms with Gasteiger partial charge in [-0.15, -0.1) is 0 Å². The molecule has 0 spiro atoms. The summed E-state index contributed by atoms with van der Waals surface area (Å²) >= 11 is 0. The molecule has 0 aliphatic rings. The fourth-order valence-corrected chi connectivity index (χ4v) is 3.21. The molecule has 3 heteroatoms. The third-order valence-corrected chi connectivity index (χ3v) is 4.73. The lowest BCUT2D eigenvalue weighted by atomic mass is 9.77. The van der Waals surface area contributed by atoms with E-state index in [1.807, 2.05) is 96.7 Å². The third-order valence-electron chi connectivity index (χ3n) is 4.73. The van der Waals surface area contributed by atoms with E-state index in [9.17, 15) is 10.1 Å². The van der Waals surface area contributed by atoms with E-state index in [4.69, 9.17) is 0 Å². The highest BCUT2D eigenvalue weighted by atomic mass is 16.1. The Labute approximate surface area is 148 Å². The number of hydrogen-bond donors (Lipinski definition) is 0. The number of carbonyl (C=O) groups is 1. The Kier molecular flexibility index (Phi) is 4.81. The number of ketones is 1. The van der Waals surface area contributed by atoms with Crippen molar-refractivity contribution in [2.45, 2.75) is 24.8 Å². The van der Waals surface area contributed by atoms with Crippen LogP contribution in [0.4, 0.5) is 0 Å². The quantitative estimate of drug-likeness (QED) is 0.611. The maximum atomic E-state index is 12.8. The van der Waals surface area contributed by atoms with Gasteiger partial charge in [0.2, 0.25) is 0 Å². The molecule has 0 aliphatic heterocycles. The number of nitriles is 1. The zero-order valence-corrected chi connectivity index (χ0v) is 14.2. The molecule has 3 aromatic rings. The van der Waals surface area contributed by atoms with Gasteiger partial charge in [0.1, 0.15) is 5.54 Å². The average Bonchev–Trinajstić information content (AvgIpc) is 3.22. The van der Waals surface area contributed by atoms with E-state index in [1.54, 1.807) is 0 Å². The molecule has 1 aromatic heterocycles. The van der Waals surface area contributed by atoms with Gasteiger partial charge in [0.15, 0.2) is 5.78 Å². The number of rotatable bonds is 6. The van der Waals surface area contributed by atoms with Crippen molar-refractivity contribution in [2.75, 3.05) is 0 Å². The van der Waals surface area contributed by atoms with Crippen molar-refractivity contribution < 1.29 is 4.79 Å². The summed E-state index contributed by atoms with van der Waals surface area (Å²) in [6, 6.07) is 25.3. The highest BCUT2D eigenvalue weighted by Gasteiger charge is 2.38. The van der Waals surface area contributed by atoms with Crippen LogP contribution in [0.5, 0.6) is 0 Å². The third kappa shape index (κ3) is 3.39. The molecule has 0 amide bonds. The number of aromatic nitrogens is 1. The first-order valence-electron chi connectivity index (χ1n) is 8.33. The Morgan fingerprint density at radius 3 is 2.12 bits per heavy atom. The van der Waals surface area contributed by atoms with Crippen molar-refractivity contribution >= 4 is 5.78 Å². The molecule has 2 aromatic carbocycles. The van der Waals surface area contributed by atoms with Crippen LogP contribution in [0.15, 0.2) is 85.2 Å². The largest absolute Gasteiger partial charge is 0.335 e. The molecular weight excluding hydrogens is 308 g/mol. The molecule has 2 atom stereocenters. The Morgan fingerprint density at radius 1 is 1.00 bits per heavy atom. The minimum atomic E-state index is -0.852. The van der Waals surface area contributed by atoms with Gasteiger partial charge in [0.25, 0.3) is 0 Å². The van der Waals surface area contributed by atoms with Gasteiger partial charge in [-0.2, -0.15) is 5.26 Å². The van der Waals surface area contributed by atoms with E-state index in [1.165, 1.54) is 0 Å². The van der Waals surface area contributed by atoms with Crippen LogP contribution in [0.2, 0.25) is 0 Å². The Balaban J connectivity index is 2.02. The number of nitrogens with zero attached hydrogens (tertiary/aromatic N) is 2. The van der Waals surface area contributed by atoms with E-state index in [-0.39, 0.29) is 18.1 Å². The SMILES string of the molecule is CC(C#N)(C(CC(=O)c1ccccc1)c1ccccc1)n1cccc1. The van der Waals surface area contributed by atoms with Gasteiger partial charge in [-0.3, -0.25) is 4.79 Å². The highest BCUT2D eigenvalue weighted by Crippen LogP contribution is 2.38. The maximum absolute atomic E-state index is 12.8. The van der Waals surface area contributed by atoms with Crippen molar-refractivity contribution in [2.24, 2.45) is 0 Å². The van der Waals surface area contributed by atoms with Crippen LogP contribution in [0.3, 0.4) is 0 Å². The second-order valence-corrected chi connectivity index (χ2v) is 6.31. The van der Waals surface area contributed by atoms with Crippen LogP contribution in [-0.4, -0.2) is 10.4 Å². The lowest BCUT2D eigenvalue weighted by Gasteiger charge is -2.33. The van der Waals surface area contributed by atoms with Crippen LogP contribution >= 0.6 is 0 Å². The van der Waals surface area contributed by atoms with Crippen LogP contribution < -0.4 is 0 Å². The molecule has 0 aliphatic carbocycles. The second-order valence-electron chi connectivity index (χ2n) is 6.31. The van der Waals surface area contributed by atoms with Crippen LogP contribution in [0, 0.1) is 11.3 Å². The molecule has 25 heavy (non-hydrogen) atoms. The van der Waals surface area contributed by atoms with Gasteiger partial charge >= 0.3 is 0 Å². The summed E-state index contributed by atoms with van der Waals surface area (Å²) in [6.45, 7) is 1.89. The van der Waals surface area contributed by atoms with E-state index < -0.39 is 5.54 Å². The Bertz CT molecular complexity index is 863. The predicted molar refractivity (Wildman–Crippen MR) is 98.3 cm³/mol. The fourth-order valence-electron chi connectivity index (χ4n) is 3.21. The molecule has 1 heterocycles. The first kappa shape index (κ1) is 16.7. The summed E-state index contributed by atoms with van der Waals surface area (Å²) in [5, 5.41) is 9.99. The summed E-state index contributed by atoms with van der Waals surface area (Å²) in [5.74, 6) is -0.207. The molecule has 0 fully saturated rings. The molecule has 3 nitrogen and oxygen atoms in total. The average molecular weight is 328 g/mol. The Morgan fingerprint density at radius 2 is 1.56 bits per heavy atom. The molecule has 2 unspecified atom stereocenters. The first-order valence-corrected chi connectivity index (χ1v) is 8.33. The van der Waals surface area contributed by atoms with E-state index >= 15 is 0 Å². The smallest absolute Gasteiger partial charge is 0.163 e. The standard InChI is InChI=1S/C22H20N2O/c1-22(17-23,24-14-8-9-15-24)20(18-10-4-2-5-11-18)16-21(25)19-12-6-3-7-13-19/h2-15,20H,16H2,1H3. The van der Waals surface area contributed by atoms with Gasteiger partial charge in [-0.05, 0) is 24.6 Å². The first-order chi connectivity index (χ1) is 12.1. The van der Waals surface area contributed by atoms with E-state index in [2.05, 4.69) is 6.07 Å². The number of benzene rings is 2. The summed E-state index contributed by atoms with van der Waals surface area (Å²) in [6.07, 6.45) is 4.04. The topological polar surface area (TPSA) is 45.8 Å². The lowest BCUT2D eigenvalue weighted by molar-refractivity contribution is 0.0957. The van der Waals surface area contributed by atoms with Crippen molar-refractivity contribution in [1.82, 2.24) is 4.57 Å². The molecule has 0 bridgehead atoms. The minimum Gasteiger partial charge on any atom is -0.335 e. The fraction of sp³-hybridized carbons (Fsp3) is 0.182. The van der Waals surface area contributed by atoms with Crippen LogP contribution in [0.25, 0.3) is 0 Å². The molecule has 0 N–H and O–H groups in total. The monoisotopic (exact) mass is 328 g/mol.